The fourth-order valence-electron chi connectivity index (χ4n) is 2.05. The number of benzene rings is 1. The van der Waals surface area contributed by atoms with Crippen LogP contribution in [0.1, 0.15) is 19.4 Å². The third-order valence-electron chi connectivity index (χ3n) is 3.28. The van der Waals surface area contributed by atoms with E-state index in [0.29, 0.717) is 11.2 Å². The topological polar surface area (TPSA) is 33.6 Å². The summed E-state index contributed by atoms with van der Waals surface area (Å²) in [4.78, 5) is 4.55. The van der Waals surface area contributed by atoms with Crippen LogP contribution < -0.4 is 10.1 Å². The standard InChI is InChI=1S/C15H22N2OS/c1-11(2)14-10-17-15(19-14)16-9-8-12-6-4-5-7-13(12)18-3/h4-7,11,14H,8-10H2,1-3H3,(H,16,17). The van der Waals surface area contributed by atoms with E-state index in [1.807, 2.05) is 23.9 Å². The van der Waals surface area contributed by atoms with E-state index < -0.39 is 0 Å². The van der Waals surface area contributed by atoms with Gasteiger partial charge in [0.1, 0.15) is 5.75 Å². The summed E-state index contributed by atoms with van der Waals surface area (Å²) in [5.41, 5.74) is 1.24. The van der Waals surface area contributed by atoms with E-state index in [-0.39, 0.29) is 0 Å². The molecular weight excluding hydrogens is 256 g/mol. The van der Waals surface area contributed by atoms with Crippen molar-refractivity contribution in [2.45, 2.75) is 25.5 Å². The number of rotatable bonds is 5. The molecule has 0 bridgehead atoms. The van der Waals surface area contributed by atoms with Crippen molar-refractivity contribution in [2.24, 2.45) is 10.9 Å². The summed E-state index contributed by atoms with van der Waals surface area (Å²) in [7, 11) is 1.72. The van der Waals surface area contributed by atoms with Crippen molar-refractivity contribution in [3.63, 3.8) is 0 Å². The normalized spacial score (nSPS) is 18.5. The molecule has 3 nitrogen and oxygen atoms in total. The van der Waals surface area contributed by atoms with Gasteiger partial charge in [-0.2, -0.15) is 0 Å². The summed E-state index contributed by atoms with van der Waals surface area (Å²) >= 11 is 1.87. The second-order valence-corrected chi connectivity index (χ2v) is 6.26. The molecule has 0 aliphatic carbocycles. The molecule has 104 valence electrons. The van der Waals surface area contributed by atoms with E-state index in [1.165, 1.54) is 5.56 Å². The highest BCUT2D eigenvalue weighted by Gasteiger charge is 2.21. The minimum absolute atomic E-state index is 0.633. The van der Waals surface area contributed by atoms with Crippen molar-refractivity contribution < 1.29 is 4.74 Å². The molecule has 1 unspecified atom stereocenters. The van der Waals surface area contributed by atoms with E-state index in [0.717, 1.165) is 30.4 Å². The molecule has 1 aliphatic heterocycles. The monoisotopic (exact) mass is 278 g/mol. The van der Waals surface area contributed by atoms with Crippen LogP contribution in [0.15, 0.2) is 29.3 Å². The first kappa shape index (κ1) is 14.3. The second kappa shape index (κ2) is 6.85. The summed E-state index contributed by atoms with van der Waals surface area (Å²) < 4.78 is 5.35. The number of thioether (sulfide) groups is 1. The van der Waals surface area contributed by atoms with E-state index in [2.05, 4.69) is 36.3 Å². The van der Waals surface area contributed by atoms with Crippen LogP contribution in [-0.4, -0.2) is 30.6 Å². The van der Waals surface area contributed by atoms with Crippen molar-refractivity contribution in [2.75, 3.05) is 20.2 Å². The van der Waals surface area contributed by atoms with E-state index >= 15 is 0 Å². The fourth-order valence-corrected chi connectivity index (χ4v) is 3.09. The van der Waals surface area contributed by atoms with Gasteiger partial charge in [0.25, 0.3) is 0 Å². The van der Waals surface area contributed by atoms with Crippen LogP contribution in [-0.2, 0) is 6.42 Å². The van der Waals surface area contributed by atoms with Gasteiger partial charge in [-0.05, 0) is 24.0 Å². The van der Waals surface area contributed by atoms with Crippen LogP contribution >= 0.6 is 11.8 Å². The van der Waals surface area contributed by atoms with Gasteiger partial charge in [0.15, 0.2) is 5.17 Å². The number of ether oxygens (including phenoxy) is 1. The zero-order valence-electron chi connectivity index (χ0n) is 11.8. The number of amidine groups is 1. The van der Waals surface area contributed by atoms with Crippen molar-refractivity contribution in [3.8, 4) is 5.75 Å². The Morgan fingerprint density at radius 1 is 1.42 bits per heavy atom. The Bertz CT molecular complexity index is 446. The maximum absolute atomic E-state index is 5.35. The number of hydrogen-bond donors (Lipinski definition) is 1. The Kier molecular flexibility index (Phi) is 5.14. The molecule has 1 atom stereocenters. The average Bonchev–Trinajstić information content (AvgIpc) is 2.88. The lowest BCUT2D eigenvalue weighted by Crippen LogP contribution is -2.23. The van der Waals surface area contributed by atoms with Gasteiger partial charge in [0.05, 0.1) is 13.7 Å². The summed E-state index contributed by atoms with van der Waals surface area (Å²) in [6, 6.07) is 8.17. The highest BCUT2D eigenvalue weighted by atomic mass is 32.2. The minimum atomic E-state index is 0.633. The summed E-state index contributed by atoms with van der Waals surface area (Å²) in [6.07, 6.45) is 0.954. The van der Waals surface area contributed by atoms with E-state index in [1.54, 1.807) is 7.11 Å². The average molecular weight is 278 g/mol. The lowest BCUT2D eigenvalue weighted by molar-refractivity contribution is 0.409. The number of para-hydroxylation sites is 1. The first-order chi connectivity index (χ1) is 9.20. The maximum Gasteiger partial charge on any atom is 0.156 e. The lowest BCUT2D eigenvalue weighted by Gasteiger charge is -2.12. The van der Waals surface area contributed by atoms with Gasteiger partial charge >= 0.3 is 0 Å². The number of aliphatic imine (C=N–C) groups is 1. The van der Waals surface area contributed by atoms with E-state index in [9.17, 15) is 0 Å². The van der Waals surface area contributed by atoms with Crippen LogP contribution in [0.25, 0.3) is 0 Å². The van der Waals surface area contributed by atoms with Crippen molar-refractivity contribution in [1.82, 2.24) is 5.32 Å². The van der Waals surface area contributed by atoms with E-state index in [4.69, 9.17) is 4.74 Å². The zero-order valence-corrected chi connectivity index (χ0v) is 12.7. The molecule has 1 heterocycles. The van der Waals surface area contributed by atoms with Crippen LogP contribution in [0.2, 0.25) is 0 Å². The third kappa shape index (κ3) is 3.90. The van der Waals surface area contributed by atoms with Gasteiger partial charge in [-0.25, -0.2) is 0 Å². The van der Waals surface area contributed by atoms with Crippen molar-refractivity contribution >= 4 is 16.9 Å². The van der Waals surface area contributed by atoms with Gasteiger partial charge in [-0.1, -0.05) is 43.8 Å². The molecule has 0 spiro atoms. The van der Waals surface area contributed by atoms with Gasteiger partial charge in [0.2, 0.25) is 0 Å². The van der Waals surface area contributed by atoms with Crippen molar-refractivity contribution in [1.29, 1.82) is 0 Å². The molecule has 19 heavy (non-hydrogen) atoms. The minimum Gasteiger partial charge on any atom is -0.496 e. The maximum atomic E-state index is 5.35. The fraction of sp³-hybridized carbons (Fsp3) is 0.533. The number of methoxy groups -OCH3 is 1. The molecule has 0 fully saturated rings. The summed E-state index contributed by atoms with van der Waals surface area (Å²) in [5.74, 6) is 1.65. The Balaban J connectivity index is 1.78. The number of nitrogens with zero attached hydrogens (tertiary/aromatic N) is 1. The summed E-state index contributed by atoms with van der Waals surface area (Å²) in [5, 5.41) is 5.15. The van der Waals surface area contributed by atoms with Crippen LogP contribution in [0, 0.1) is 5.92 Å². The molecule has 1 aromatic rings. The molecule has 0 radical (unpaired) electrons. The number of nitrogens with one attached hydrogen (secondary N) is 1. The molecule has 1 aromatic carbocycles. The molecule has 0 amide bonds. The SMILES string of the molecule is COc1ccccc1CCNC1=NCC(C(C)C)S1. The Morgan fingerprint density at radius 3 is 2.89 bits per heavy atom. The van der Waals surface area contributed by atoms with Crippen LogP contribution in [0.4, 0.5) is 0 Å². The zero-order chi connectivity index (χ0) is 13.7. The Hall–Kier alpha value is -1.16. The molecule has 0 saturated carbocycles. The smallest absolute Gasteiger partial charge is 0.156 e. The van der Waals surface area contributed by atoms with Crippen LogP contribution in [0.5, 0.6) is 5.75 Å². The van der Waals surface area contributed by atoms with Gasteiger partial charge in [-0.3, -0.25) is 4.99 Å². The van der Waals surface area contributed by atoms with Gasteiger partial charge < -0.3 is 10.1 Å². The highest BCUT2D eigenvalue weighted by Crippen LogP contribution is 2.26. The highest BCUT2D eigenvalue weighted by molar-refractivity contribution is 8.14. The molecule has 2 rings (SSSR count). The molecule has 1 N–H and O–H groups in total. The largest absolute Gasteiger partial charge is 0.496 e. The Morgan fingerprint density at radius 2 is 2.21 bits per heavy atom. The molecule has 4 heteroatoms. The van der Waals surface area contributed by atoms with Gasteiger partial charge in [-0.15, -0.1) is 0 Å². The number of hydrogen-bond acceptors (Lipinski definition) is 4. The second-order valence-electron chi connectivity index (χ2n) is 5.03. The lowest BCUT2D eigenvalue weighted by atomic mass is 10.1. The molecule has 1 aliphatic rings. The first-order valence-corrected chi connectivity index (χ1v) is 7.65. The molecule has 0 saturated heterocycles. The van der Waals surface area contributed by atoms with Crippen molar-refractivity contribution in [3.05, 3.63) is 29.8 Å². The summed E-state index contributed by atoms with van der Waals surface area (Å²) in [6.45, 7) is 6.35. The first-order valence-electron chi connectivity index (χ1n) is 6.77. The predicted octanol–water partition coefficient (Wildman–Crippen LogP) is 2.95. The van der Waals surface area contributed by atoms with Gasteiger partial charge in [0, 0.05) is 11.8 Å². The molecule has 0 aromatic heterocycles. The predicted molar refractivity (Wildman–Crippen MR) is 83.2 cm³/mol. The quantitative estimate of drug-likeness (QED) is 0.899. The third-order valence-corrected chi connectivity index (χ3v) is 4.78. The Labute approximate surface area is 119 Å². The van der Waals surface area contributed by atoms with Crippen LogP contribution in [0.3, 0.4) is 0 Å². The molecular formula is C15H22N2OS.